The van der Waals surface area contributed by atoms with Gasteiger partial charge in [0.1, 0.15) is 4.70 Å². The van der Waals surface area contributed by atoms with Gasteiger partial charge in [-0.1, -0.05) is 65.0 Å². The second kappa shape index (κ2) is 5.95. The van der Waals surface area contributed by atoms with Gasteiger partial charge in [-0.15, -0.1) is 0 Å². The van der Waals surface area contributed by atoms with Crippen LogP contribution in [0.1, 0.15) is 5.56 Å². The number of benzene rings is 1. The molecule has 0 saturated carbocycles. The Kier molecular flexibility index (Phi) is 4.05. The minimum absolute atomic E-state index is 0.463. The average Bonchev–Trinajstić information content (AvgIpc) is 2.90. The van der Waals surface area contributed by atoms with Crippen molar-refractivity contribution in [3.63, 3.8) is 0 Å². The zero-order chi connectivity index (χ0) is 13.9. The van der Waals surface area contributed by atoms with Crippen LogP contribution < -0.4 is 5.32 Å². The van der Waals surface area contributed by atoms with Gasteiger partial charge in [-0.25, -0.2) is 9.97 Å². The summed E-state index contributed by atoms with van der Waals surface area (Å²) in [6.07, 6.45) is 0. The van der Waals surface area contributed by atoms with Crippen molar-refractivity contribution in [2.24, 2.45) is 0 Å². The van der Waals surface area contributed by atoms with Crippen LogP contribution in [0, 0.1) is 0 Å². The summed E-state index contributed by atoms with van der Waals surface area (Å²) in [7, 11) is 1.82. The summed E-state index contributed by atoms with van der Waals surface area (Å²) in [6.45, 7) is 0. The fourth-order valence-electron chi connectivity index (χ4n) is 1.67. The summed E-state index contributed by atoms with van der Waals surface area (Å²) in [4.78, 5) is 13.1. The lowest BCUT2D eigenvalue weighted by atomic mass is 10.2. The fraction of sp³-hybridized carbons (Fsp3) is 0.154. The number of thioether (sulfide) groups is 1. The first kappa shape index (κ1) is 13.6. The van der Waals surface area contributed by atoms with Crippen LogP contribution in [0.2, 0.25) is 5.15 Å². The van der Waals surface area contributed by atoms with E-state index >= 15 is 0 Å². The topological polar surface area (TPSA) is 50.7 Å². The summed E-state index contributed by atoms with van der Waals surface area (Å²) < 4.78 is 0.820. The summed E-state index contributed by atoms with van der Waals surface area (Å²) in [5.74, 6) is 0.811. The lowest BCUT2D eigenvalue weighted by molar-refractivity contribution is 0.995. The van der Waals surface area contributed by atoms with E-state index in [1.807, 2.05) is 25.2 Å². The Morgan fingerprint density at radius 3 is 2.75 bits per heavy atom. The first-order valence-corrected chi connectivity index (χ1v) is 8.13. The lowest BCUT2D eigenvalue weighted by Gasteiger charge is -2.01. The van der Waals surface area contributed by atoms with E-state index < -0.39 is 0 Å². The van der Waals surface area contributed by atoms with Gasteiger partial charge in [0, 0.05) is 12.8 Å². The molecule has 3 rings (SSSR count). The van der Waals surface area contributed by atoms with Crippen LogP contribution in [0.5, 0.6) is 0 Å². The highest BCUT2D eigenvalue weighted by atomic mass is 35.5. The largest absolute Gasteiger partial charge is 0.365 e. The molecule has 0 saturated heterocycles. The molecule has 0 aliphatic carbocycles. The zero-order valence-corrected chi connectivity index (χ0v) is 13.0. The molecule has 0 radical (unpaired) electrons. The highest BCUT2D eigenvalue weighted by molar-refractivity contribution is 7.98. The normalized spacial score (nSPS) is 10.9. The Labute approximate surface area is 129 Å². The number of aromatic nitrogens is 3. The Morgan fingerprint density at radius 1 is 1.20 bits per heavy atom. The number of thiazole rings is 1. The third kappa shape index (κ3) is 2.87. The molecule has 0 aliphatic heterocycles. The number of hydrogen-bond acceptors (Lipinski definition) is 6. The van der Waals surface area contributed by atoms with Gasteiger partial charge < -0.3 is 5.32 Å². The van der Waals surface area contributed by atoms with Crippen LogP contribution in [0.4, 0.5) is 5.13 Å². The van der Waals surface area contributed by atoms with Gasteiger partial charge in [-0.05, 0) is 5.56 Å². The number of nitrogens with zero attached hydrogens (tertiary/aromatic N) is 3. The zero-order valence-electron chi connectivity index (χ0n) is 10.6. The first-order valence-electron chi connectivity index (χ1n) is 5.95. The molecule has 0 bridgehead atoms. The summed E-state index contributed by atoms with van der Waals surface area (Å²) in [6, 6.07) is 10.2. The molecule has 0 unspecified atom stereocenters. The van der Waals surface area contributed by atoms with Crippen molar-refractivity contribution in [1.29, 1.82) is 0 Å². The van der Waals surface area contributed by atoms with E-state index in [2.05, 4.69) is 32.4 Å². The van der Waals surface area contributed by atoms with E-state index in [9.17, 15) is 0 Å². The molecule has 2 heterocycles. The van der Waals surface area contributed by atoms with E-state index in [1.54, 1.807) is 11.8 Å². The Morgan fingerprint density at radius 2 is 2.00 bits per heavy atom. The molecule has 102 valence electrons. The maximum absolute atomic E-state index is 6.19. The van der Waals surface area contributed by atoms with Gasteiger partial charge in [0.2, 0.25) is 0 Å². The molecule has 3 aromatic rings. The van der Waals surface area contributed by atoms with Crippen LogP contribution >= 0.6 is 34.7 Å². The molecule has 0 atom stereocenters. The van der Waals surface area contributed by atoms with E-state index in [-0.39, 0.29) is 0 Å². The molecule has 0 amide bonds. The first-order chi connectivity index (χ1) is 9.76. The van der Waals surface area contributed by atoms with E-state index in [4.69, 9.17) is 11.6 Å². The molecule has 20 heavy (non-hydrogen) atoms. The quantitative estimate of drug-likeness (QED) is 0.445. The van der Waals surface area contributed by atoms with Gasteiger partial charge in [-0.3, -0.25) is 0 Å². The van der Waals surface area contributed by atoms with Gasteiger partial charge in [0.15, 0.2) is 21.1 Å². The highest BCUT2D eigenvalue weighted by Crippen LogP contribution is 2.31. The van der Waals surface area contributed by atoms with Crippen molar-refractivity contribution in [2.45, 2.75) is 10.9 Å². The van der Waals surface area contributed by atoms with Gasteiger partial charge in [0.25, 0.3) is 0 Å². The van der Waals surface area contributed by atoms with E-state index in [0.29, 0.717) is 16.0 Å². The van der Waals surface area contributed by atoms with Crippen molar-refractivity contribution in [2.75, 3.05) is 12.4 Å². The van der Waals surface area contributed by atoms with Crippen LogP contribution in [-0.2, 0) is 5.75 Å². The van der Waals surface area contributed by atoms with Crippen molar-refractivity contribution >= 4 is 50.2 Å². The average molecular weight is 323 g/mol. The number of hydrogen-bond donors (Lipinski definition) is 1. The molecule has 2 aromatic heterocycles. The Balaban J connectivity index is 1.85. The molecular weight excluding hydrogens is 312 g/mol. The molecule has 1 N–H and O–H groups in total. The number of halogens is 1. The van der Waals surface area contributed by atoms with Crippen LogP contribution in [0.25, 0.3) is 10.3 Å². The monoisotopic (exact) mass is 322 g/mol. The number of nitrogens with one attached hydrogen (secondary N) is 1. The summed E-state index contributed by atoms with van der Waals surface area (Å²) in [5, 5.41) is 4.90. The minimum atomic E-state index is 0.463. The predicted octanol–water partition coefficient (Wildman–Crippen LogP) is 4.07. The second-order valence-corrected chi connectivity index (χ2v) is 6.29. The Hall–Kier alpha value is -1.37. The molecule has 0 spiro atoms. The summed E-state index contributed by atoms with van der Waals surface area (Å²) in [5.41, 5.74) is 1.88. The van der Waals surface area contributed by atoms with Gasteiger partial charge in [0.05, 0.1) is 0 Å². The number of fused-ring (bicyclic) bond motifs is 1. The smallest absolute Gasteiger partial charge is 0.191 e. The van der Waals surface area contributed by atoms with E-state index in [0.717, 1.165) is 15.6 Å². The summed E-state index contributed by atoms with van der Waals surface area (Å²) >= 11 is 9.21. The maximum atomic E-state index is 6.19. The number of anilines is 1. The molecule has 4 nitrogen and oxygen atoms in total. The van der Waals surface area contributed by atoms with Crippen LogP contribution in [-0.4, -0.2) is 22.0 Å². The third-order valence-corrected chi connectivity index (χ3v) is 4.99. The lowest BCUT2D eigenvalue weighted by Crippen LogP contribution is -1.90. The second-order valence-electron chi connectivity index (χ2n) is 3.99. The molecule has 0 fully saturated rings. The SMILES string of the molecule is CNc1nc2nc(SCc3ccccc3)nc(Cl)c2s1. The van der Waals surface area contributed by atoms with Gasteiger partial charge >= 0.3 is 0 Å². The third-order valence-electron chi connectivity index (χ3n) is 2.62. The molecule has 7 heteroatoms. The molecular formula is C13H11ClN4S2. The van der Waals surface area contributed by atoms with Crippen molar-refractivity contribution in [3.05, 3.63) is 41.0 Å². The predicted molar refractivity (Wildman–Crippen MR) is 85.8 cm³/mol. The minimum Gasteiger partial charge on any atom is -0.365 e. The highest BCUT2D eigenvalue weighted by Gasteiger charge is 2.11. The van der Waals surface area contributed by atoms with Crippen molar-refractivity contribution in [1.82, 2.24) is 15.0 Å². The van der Waals surface area contributed by atoms with Crippen molar-refractivity contribution < 1.29 is 0 Å². The van der Waals surface area contributed by atoms with Crippen molar-refractivity contribution in [3.8, 4) is 0 Å². The Bertz CT molecular complexity index is 730. The standard InChI is InChI=1S/C13H11ClN4S2/c1-15-12-17-11-9(20-12)10(14)16-13(18-11)19-7-8-5-3-2-4-6-8/h2-6H,7H2,1H3,(H,15,16,17,18). The number of rotatable bonds is 4. The van der Waals surface area contributed by atoms with Gasteiger partial charge in [-0.2, -0.15) is 4.98 Å². The molecule has 1 aromatic carbocycles. The van der Waals surface area contributed by atoms with Crippen LogP contribution in [0.15, 0.2) is 35.5 Å². The molecule has 0 aliphatic rings. The fourth-order valence-corrected chi connectivity index (χ4v) is 3.53. The van der Waals surface area contributed by atoms with E-state index in [1.165, 1.54) is 16.9 Å². The van der Waals surface area contributed by atoms with Crippen LogP contribution in [0.3, 0.4) is 0 Å². The maximum Gasteiger partial charge on any atom is 0.191 e.